The third-order valence-corrected chi connectivity index (χ3v) is 2.56. The second kappa shape index (κ2) is 6.96. The topological polar surface area (TPSA) is 68.5 Å². The zero-order valence-electron chi connectivity index (χ0n) is 10.8. The lowest BCUT2D eigenvalue weighted by Gasteiger charge is -2.08. The van der Waals surface area contributed by atoms with Crippen molar-refractivity contribution in [3.05, 3.63) is 34.2 Å². The average Bonchev–Trinajstić information content (AvgIpc) is 2.29. The van der Waals surface area contributed by atoms with Gasteiger partial charge in [-0.25, -0.2) is 4.79 Å². The van der Waals surface area contributed by atoms with Gasteiger partial charge in [0.25, 0.3) is 5.56 Å². The normalized spacial score (nSPS) is 10.8. The molecule has 1 rings (SSSR count). The molecule has 0 amide bonds. The number of carboxylic acids is 1. The molecule has 0 aromatic carbocycles. The van der Waals surface area contributed by atoms with Crippen molar-refractivity contribution in [2.24, 2.45) is 5.92 Å². The van der Waals surface area contributed by atoms with Gasteiger partial charge in [-0.05, 0) is 18.4 Å². The van der Waals surface area contributed by atoms with Crippen LogP contribution < -0.4 is 5.56 Å². The molecule has 0 radical (unpaired) electrons. The van der Waals surface area contributed by atoms with Crippen molar-refractivity contribution < 1.29 is 14.6 Å². The lowest BCUT2D eigenvalue weighted by Crippen LogP contribution is -2.22. The highest BCUT2D eigenvalue weighted by atomic mass is 16.5. The van der Waals surface area contributed by atoms with Crippen molar-refractivity contribution in [1.29, 1.82) is 0 Å². The minimum atomic E-state index is -1.09. The number of aromatic nitrogens is 1. The van der Waals surface area contributed by atoms with Crippen LogP contribution in [0.3, 0.4) is 0 Å². The quantitative estimate of drug-likeness (QED) is 0.749. The van der Waals surface area contributed by atoms with Crippen LogP contribution in [0.15, 0.2) is 23.1 Å². The summed E-state index contributed by atoms with van der Waals surface area (Å²) in [7, 11) is 0. The summed E-state index contributed by atoms with van der Waals surface area (Å²) in [5.74, 6) is -0.491. The van der Waals surface area contributed by atoms with Crippen LogP contribution in [0.2, 0.25) is 0 Å². The largest absolute Gasteiger partial charge is 0.478 e. The van der Waals surface area contributed by atoms with Crippen LogP contribution in [-0.2, 0) is 11.3 Å². The molecular formula is C13H19NO4. The van der Waals surface area contributed by atoms with Crippen molar-refractivity contribution in [3.63, 3.8) is 0 Å². The molecule has 100 valence electrons. The second-order valence-electron chi connectivity index (χ2n) is 4.55. The van der Waals surface area contributed by atoms with Gasteiger partial charge < -0.3 is 14.4 Å². The highest BCUT2D eigenvalue weighted by Crippen LogP contribution is 1.99. The summed E-state index contributed by atoms with van der Waals surface area (Å²) >= 11 is 0. The molecule has 5 heteroatoms. The van der Waals surface area contributed by atoms with Gasteiger partial charge in [0.2, 0.25) is 0 Å². The van der Waals surface area contributed by atoms with Crippen LogP contribution >= 0.6 is 0 Å². The molecule has 0 aliphatic carbocycles. The van der Waals surface area contributed by atoms with E-state index in [1.165, 1.54) is 16.8 Å². The number of carbonyl (C=O) groups is 1. The molecule has 18 heavy (non-hydrogen) atoms. The number of aromatic carboxylic acids is 1. The SMILES string of the molecule is CC(C)CCOCCn1ccc(C(=O)O)cc1=O. The second-order valence-corrected chi connectivity index (χ2v) is 4.55. The van der Waals surface area contributed by atoms with E-state index in [4.69, 9.17) is 9.84 Å². The highest BCUT2D eigenvalue weighted by molar-refractivity contribution is 5.87. The molecule has 0 fully saturated rings. The first-order valence-corrected chi connectivity index (χ1v) is 6.02. The lowest BCUT2D eigenvalue weighted by molar-refractivity contribution is 0.0696. The molecule has 0 bridgehead atoms. The summed E-state index contributed by atoms with van der Waals surface area (Å²) in [6.45, 7) is 5.83. The van der Waals surface area contributed by atoms with Crippen LogP contribution in [0.5, 0.6) is 0 Å². The molecule has 1 aromatic rings. The van der Waals surface area contributed by atoms with E-state index in [1.54, 1.807) is 0 Å². The van der Waals surface area contributed by atoms with E-state index in [1.807, 2.05) is 0 Å². The fourth-order valence-corrected chi connectivity index (χ4v) is 1.41. The third kappa shape index (κ3) is 4.71. The van der Waals surface area contributed by atoms with E-state index in [9.17, 15) is 9.59 Å². The highest BCUT2D eigenvalue weighted by Gasteiger charge is 2.04. The molecule has 0 atom stereocenters. The molecule has 0 unspecified atom stereocenters. The molecule has 0 saturated carbocycles. The van der Waals surface area contributed by atoms with Crippen molar-refractivity contribution in [1.82, 2.24) is 4.57 Å². The predicted octanol–water partition coefficient (Wildman–Crippen LogP) is 1.61. The first kappa shape index (κ1) is 14.4. The summed E-state index contributed by atoms with van der Waals surface area (Å²) in [5, 5.41) is 8.73. The Kier molecular flexibility index (Phi) is 5.58. The Bertz CT molecular complexity index is 451. The van der Waals surface area contributed by atoms with E-state index in [2.05, 4.69) is 13.8 Å². The first-order valence-electron chi connectivity index (χ1n) is 6.02. The van der Waals surface area contributed by atoms with E-state index < -0.39 is 5.97 Å². The van der Waals surface area contributed by atoms with Gasteiger partial charge in [0, 0.05) is 25.4 Å². The predicted molar refractivity (Wildman–Crippen MR) is 67.9 cm³/mol. The van der Waals surface area contributed by atoms with Gasteiger partial charge in [-0.15, -0.1) is 0 Å². The van der Waals surface area contributed by atoms with Crippen LogP contribution in [0.1, 0.15) is 30.6 Å². The number of hydrogen-bond donors (Lipinski definition) is 1. The van der Waals surface area contributed by atoms with Gasteiger partial charge >= 0.3 is 5.97 Å². The van der Waals surface area contributed by atoms with Gasteiger partial charge in [0.1, 0.15) is 0 Å². The number of carboxylic acid groups (broad SMARTS) is 1. The smallest absolute Gasteiger partial charge is 0.335 e. The molecule has 0 aliphatic heterocycles. The van der Waals surface area contributed by atoms with E-state index in [-0.39, 0.29) is 11.1 Å². The molecule has 1 N–H and O–H groups in total. The number of hydrogen-bond acceptors (Lipinski definition) is 3. The van der Waals surface area contributed by atoms with Gasteiger partial charge in [-0.3, -0.25) is 4.79 Å². The maximum Gasteiger partial charge on any atom is 0.335 e. The molecule has 5 nitrogen and oxygen atoms in total. The summed E-state index contributed by atoms with van der Waals surface area (Å²) in [4.78, 5) is 22.2. The summed E-state index contributed by atoms with van der Waals surface area (Å²) in [5.41, 5.74) is -0.306. The van der Waals surface area contributed by atoms with Gasteiger partial charge in [-0.2, -0.15) is 0 Å². The molecule has 1 aromatic heterocycles. The maximum absolute atomic E-state index is 11.6. The first-order chi connectivity index (χ1) is 8.50. The molecule has 0 saturated heterocycles. The summed E-state index contributed by atoms with van der Waals surface area (Å²) in [6.07, 6.45) is 2.48. The van der Waals surface area contributed by atoms with Gasteiger partial charge in [0.15, 0.2) is 0 Å². The van der Waals surface area contributed by atoms with Crippen LogP contribution in [0.4, 0.5) is 0 Å². The van der Waals surface area contributed by atoms with Crippen molar-refractivity contribution >= 4 is 5.97 Å². The van der Waals surface area contributed by atoms with E-state index in [0.717, 1.165) is 12.5 Å². The Labute approximate surface area is 106 Å². The van der Waals surface area contributed by atoms with Crippen LogP contribution in [-0.4, -0.2) is 28.9 Å². The van der Waals surface area contributed by atoms with Crippen molar-refractivity contribution in [2.75, 3.05) is 13.2 Å². The number of ether oxygens (including phenoxy) is 1. The molecule has 1 heterocycles. The molecule has 0 spiro atoms. The van der Waals surface area contributed by atoms with Crippen molar-refractivity contribution in [2.45, 2.75) is 26.8 Å². The Morgan fingerprint density at radius 2 is 2.17 bits per heavy atom. The number of nitrogens with zero attached hydrogens (tertiary/aromatic N) is 1. The van der Waals surface area contributed by atoms with Gasteiger partial charge in [0.05, 0.1) is 12.2 Å². The van der Waals surface area contributed by atoms with Gasteiger partial charge in [-0.1, -0.05) is 13.8 Å². The fraction of sp³-hybridized carbons (Fsp3) is 0.538. The van der Waals surface area contributed by atoms with Crippen LogP contribution in [0.25, 0.3) is 0 Å². The monoisotopic (exact) mass is 253 g/mol. The number of pyridine rings is 1. The average molecular weight is 253 g/mol. The van der Waals surface area contributed by atoms with E-state index >= 15 is 0 Å². The maximum atomic E-state index is 11.6. The third-order valence-electron chi connectivity index (χ3n) is 2.56. The Balaban J connectivity index is 2.44. The van der Waals surface area contributed by atoms with Crippen molar-refractivity contribution in [3.8, 4) is 0 Å². The summed E-state index contributed by atoms with van der Waals surface area (Å²) < 4.78 is 6.85. The Morgan fingerprint density at radius 3 is 2.72 bits per heavy atom. The Morgan fingerprint density at radius 1 is 1.44 bits per heavy atom. The standard InChI is InChI=1S/C13H19NO4/c1-10(2)4-7-18-8-6-14-5-3-11(13(16)17)9-12(14)15/h3,5,9-10H,4,6-8H2,1-2H3,(H,16,17). The minimum Gasteiger partial charge on any atom is -0.478 e. The van der Waals surface area contributed by atoms with Crippen LogP contribution in [0, 0.1) is 5.92 Å². The minimum absolute atomic E-state index is 0.0111. The molecule has 0 aliphatic rings. The molecular weight excluding hydrogens is 234 g/mol. The van der Waals surface area contributed by atoms with E-state index in [0.29, 0.717) is 25.7 Å². The zero-order chi connectivity index (χ0) is 13.5. The fourth-order valence-electron chi connectivity index (χ4n) is 1.41. The number of rotatable bonds is 7. The lowest BCUT2D eigenvalue weighted by atomic mass is 10.1. The zero-order valence-corrected chi connectivity index (χ0v) is 10.8. The summed E-state index contributed by atoms with van der Waals surface area (Å²) in [6, 6.07) is 2.54. The Hall–Kier alpha value is -1.62.